The van der Waals surface area contributed by atoms with E-state index < -0.39 is 0 Å². The van der Waals surface area contributed by atoms with Gasteiger partial charge in [0.25, 0.3) is 0 Å². The van der Waals surface area contributed by atoms with Gasteiger partial charge in [-0.25, -0.2) is 4.39 Å². The quantitative estimate of drug-likeness (QED) is 0.594. The number of hydrogen-bond acceptors (Lipinski definition) is 2. The van der Waals surface area contributed by atoms with Crippen LogP contribution in [0.15, 0.2) is 24.3 Å². The summed E-state index contributed by atoms with van der Waals surface area (Å²) in [5, 5.41) is 7.00. The van der Waals surface area contributed by atoms with Crippen molar-refractivity contribution < 1.29 is 4.39 Å². The molecule has 0 saturated carbocycles. The second-order valence-electron chi connectivity index (χ2n) is 2.28. The summed E-state index contributed by atoms with van der Waals surface area (Å²) in [5.41, 5.74) is 5.97. The molecule has 0 amide bonds. The van der Waals surface area contributed by atoms with Gasteiger partial charge in [0.2, 0.25) is 0 Å². The third-order valence-corrected chi connectivity index (χ3v) is 2.07. The van der Waals surface area contributed by atoms with Crippen molar-refractivity contribution in [3.8, 4) is 0 Å². The Morgan fingerprint density at radius 1 is 1.54 bits per heavy atom. The number of rotatable bonds is 2. The van der Waals surface area contributed by atoms with Gasteiger partial charge < -0.3 is 5.73 Å². The van der Waals surface area contributed by atoms with Gasteiger partial charge in [-0.05, 0) is 17.7 Å². The Balaban J connectivity index is 0.00000144. The van der Waals surface area contributed by atoms with Gasteiger partial charge >= 0.3 is 0 Å². The van der Waals surface area contributed by atoms with Crippen LogP contribution in [0.25, 0.3) is 0 Å². The molecule has 0 radical (unpaired) electrons. The molecule has 0 aromatic heterocycles. The summed E-state index contributed by atoms with van der Waals surface area (Å²) in [7, 11) is 0. The fourth-order valence-corrected chi connectivity index (χ4v) is 1.29. The first-order valence-electron chi connectivity index (χ1n) is 3.40. The SMILES string of the molecule is Cl.N=C(N)SCc1cccc(F)c1. The lowest BCUT2D eigenvalue weighted by Gasteiger charge is -1.98. The molecule has 0 saturated heterocycles. The first-order valence-corrected chi connectivity index (χ1v) is 4.38. The minimum absolute atomic E-state index is 0. The van der Waals surface area contributed by atoms with Crippen molar-refractivity contribution in [1.82, 2.24) is 0 Å². The van der Waals surface area contributed by atoms with Crippen LogP contribution in [0, 0.1) is 11.2 Å². The number of halogens is 2. The van der Waals surface area contributed by atoms with Crippen LogP contribution in [0.5, 0.6) is 0 Å². The zero-order chi connectivity index (χ0) is 8.97. The van der Waals surface area contributed by atoms with E-state index in [1.54, 1.807) is 12.1 Å². The summed E-state index contributed by atoms with van der Waals surface area (Å²) in [4.78, 5) is 0. The summed E-state index contributed by atoms with van der Waals surface area (Å²) >= 11 is 1.19. The molecule has 0 aliphatic rings. The number of thioether (sulfide) groups is 1. The van der Waals surface area contributed by atoms with Crippen LogP contribution in [0.1, 0.15) is 5.56 Å². The summed E-state index contributed by atoms with van der Waals surface area (Å²) in [6, 6.07) is 6.28. The highest BCUT2D eigenvalue weighted by molar-refractivity contribution is 8.13. The smallest absolute Gasteiger partial charge is 0.151 e. The average Bonchev–Trinajstić information content (AvgIpc) is 2.01. The minimum Gasteiger partial charge on any atom is -0.379 e. The third kappa shape index (κ3) is 4.75. The topological polar surface area (TPSA) is 49.9 Å². The van der Waals surface area contributed by atoms with Crippen molar-refractivity contribution in [3.05, 3.63) is 35.6 Å². The van der Waals surface area contributed by atoms with Crippen LogP contribution >= 0.6 is 24.2 Å². The predicted molar refractivity (Wildman–Crippen MR) is 56.9 cm³/mol. The largest absolute Gasteiger partial charge is 0.379 e. The highest BCUT2D eigenvalue weighted by Crippen LogP contribution is 2.12. The number of benzene rings is 1. The Kier molecular flexibility index (Phi) is 5.50. The summed E-state index contributed by atoms with van der Waals surface area (Å²) < 4.78 is 12.6. The average molecular weight is 221 g/mol. The number of amidine groups is 1. The van der Waals surface area contributed by atoms with E-state index in [0.717, 1.165) is 5.56 Å². The van der Waals surface area contributed by atoms with Gasteiger partial charge in [0, 0.05) is 5.75 Å². The van der Waals surface area contributed by atoms with Crippen molar-refractivity contribution in [1.29, 1.82) is 5.41 Å². The maximum atomic E-state index is 12.6. The van der Waals surface area contributed by atoms with Gasteiger partial charge in [0.15, 0.2) is 5.17 Å². The molecule has 0 heterocycles. The lowest BCUT2D eigenvalue weighted by molar-refractivity contribution is 0.626. The summed E-state index contributed by atoms with van der Waals surface area (Å²) in [6.45, 7) is 0. The molecule has 0 unspecified atom stereocenters. The van der Waals surface area contributed by atoms with E-state index in [1.807, 2.05) is 0 Å². The van der Waals surface area contributed by atoms with E-state index in [9.17, 15) is 4.39 Å². The second-order valence-corrected chi connectivity index (χ2v) is 3.30. The van der Waals surface area contributed by atoms with Gasteiger partial charge in [-0.3, -0.25) is 5.41 Å². The molecule has 0 atom stereocenters. The number of nitrogens with two attached hydrogens (primary N) is 1. The third-order valence-electron chi connectivity index (χ3n) is 1.28. The maximum Gasteiger partial charge on any atom is 0.151 e. The van der Waals surface area contributed by atoms with Crippen molar-refractivity contribution in [2.45, 2.75) is 5.75 Å². The number of nitrogens with one attached hydrogen (secondary N) is 1. The van der Waals surface area contributed by atoms with Crippen LogP contribution in [0.3, 0.4) is 0 Å². The standard InChI is InChI=1S/C8H9FN2S.ClH/c9-7-3-1-2-6(4-7)5-12-8(10)11;/h1-4H,5H2,(H3,10,11);1H. The fourth-order valence-electron chi connectivity index (χ4n) is 0.788. The van der Waals surface area contributed by atoms with Crippen LogP contribution in [-0.2, 0) is 5.75 Å². The lowest BCUT2D eigenvalue weighted by atomic mass is 10.2. The van der Waals surface area contributed by atoms with Crippen molar-refractivity contribution in [2.24, 2.45) is 5.73 Å². The molecule has 3 N–H and O–H groups in total. The van der Waals surface area contributed by atoms with Crippen molar-refractivity contribution in [3.63, 3.8) is 0 Å². The monoisotopic (exact) mass is 220 g/mol. The fraction of sp³-hybridized carbons (Fsp3) is 0.125. The van der Waals surface area contributed by atoms with Gasteiger partial charge in [-0.1, -0.05) is 23.9 Å². The Bertz CT molecular complexity index is 293. The summed E-state index contributed by atoms with van der Waals surface area (Å²) in [6.07, 6.45) is 0. The van der Waals surface area contributed by atoms with Gasteiger partial charge in [-0.2, -0.15) is 0 Å². The number of hydrogen-bond donors (Lipinski definition) is 2. The first kappa shape index (κ1) is 12.3. The van der Waals surface area contributed by atoms with Crippen molar-refractivity contribution >= 4 is 29.3 Å². The molecule has 0 aliphatic heterocycles. The van der Waals surface area contributed by atoms with Crippen LogP contribution < -0.4 is 5.73 Å². The lowest BCUT2D eigenvalue weighted by Crippen LogP contribution is -2.03. The van der Waals surface area contributed by atoms with E-state index in [2.05, 4.69) is 0 Å². The minimum atomic E-state index is -0.253. The van der Waals surface area contributed by atoms with Crippen molar-refractivity contribution in [2.75, 3.05) is 0 Å². The molecular weight excluding hydrogens is 211 g/mol. The van der Waals surface area contributed by atoms with E-state index in [4.69, 9.17) is 11.1 Å². The van der Waals surface area contributed by atoms with Gasteiger partial charge in [-0.15, -0.1) is 12.4 Å². The molecular formula is C8H10ClFN2S. The van der Waals surface area contributed by atoms with E-state index in [-0.39, 0.29) is 23.4 Å². The summed E-state index contributed by atoms with van der Waals surface area (Å²) in [5.74, 6) is 0.296. The molecule has 0 spiro atoms. The molecule has 1 aromatic carbocycles. The normalized spacial score (nSPS) is 9.00. The highest BCUT2D eigenvalue weighted by Gasteiger charge is 1.96. The Morgan fingerprint density at radius 2 is 2.23 bits per heavy atom. The highest BCUT2D eigenvalue weighted by atomic mass is 35.5. The molecule has 0 aliphatic carbocycles. The van der Waals surface area contributed by atoms with Crippen LogP contribution in [0.4, 0.5) is 4.39 Å². The van der Waals surface area contributed by atoms with Gasteiger partial charge in [0.05, 0.1) is 0 Å². The Hall–Kier alpha value is -0.740. The molecule has 0 fully saturated rings. The van der Waals surface area contributed by atoms with Crippen LogP contribution in [-0.4, -0.2) is 5.17 Å². The van der Waals surface area contributed by atoms with E-state index in [1.165, 1.54) is 23.9 Å². The zero-order valence-electron chi connectivity index (χ0n) is 6.79. The molecule has 13 heavy (non-hydrogen) atoms. The molecule has 2 nitrogen and oxygen atoms in total. The molecule has 1 rings (SSSR count). The maximum absolute atomic E-state index is 12.6. The van der Waals surface area contributed by atoms with Crippen LogP contribution in [0.2, 0.25) is 0 Å². The molecule has 72 valence electrons. The van der Waals surface area contributed by atoms with Gasteiger partial charge in [0.1, 0.15) is 5.82 Å². The second kappa shape index (κ2) is 5.83. The first-order chi connectivity index (χ1) is 5.68. The van der Waals surface area contributed by atoms with E-state index >= 15 is 0 Å². The zero-order valence-corrected chi connectivity index (χ0v) is 8.42. The predicted octanol–water partition coefficient (Wildman–Crippen LogP) is 2.37. The van der Waals surface area contributed by atoms with E-state index in [0.29, 0.717) is 5.75 Å². The molecule has 1 aromatic rings. The Morgan fingerprint density at radius 3 is 2.77 bits per heavy atom. The molecule has 0 bridgehead atoms. The molecule has 5 heteroatoms. The Labute approximate surface area is 86.6 Å².